The van der Waals surface area contributed by atoms with Crippen molar-refractivity contribution in [2.45, 2.75) is 58.0 Å². The van der Waals surface area contributed by atoms with E-state index in [4.69, 9.17) is 10.5 Å². The van der Waals surface area contributed by atoms with Crippen molar-refractivity contribution in [3.8, 4) is 0 Å². The normalized spacial score (nSPS) is 28.0. The molecule has 1 aliphatic carbocycles. The minimum atomic E-state index is -0.0158. The largest absolute Gasteiger partial charge is 0.379 e. The van der Waals surface area contributed by atoms with Gasteiger partial charge in [0.2, 0.25) is 5.91 Å². The first-order valence-corrected chi connectivity index (χ1v) is 9.03. The van der Waals surface area contributed by atoms with Gasteiger partial charge in [-0.15, -0.1) is 0 Å². The van der Waals surface area contributed by atoms with Crippen LogP contribution in [0, 0.1) is 11.8 Å². The summed E-state index contributed by atoms with van der Waals surface area (Å²) in [6, 6.07) is 0.258. The number of hydrogen-bond acceptors (Lipinski definition) is 4. The van der Waals surface area contributed by atoms with Gasteiger partial charge in [0.25, 0.3) is 0 Å². The maximum atomic E-state index is 13.0. The number of nitrogens with one attached hydrogen (secondary N) is 1. The molecule has 3 unspecified atom stereocenters. The van der Waals surface area contributed by atoms with Crippen molar-refractivity contribution >= 4 is 5.91 Å². The Balaban J connectivity index is 2.04. The third-order valence-electron chi connectivity index (χ3n) is 5.49. The van der Waals surface area contributed by atoms with Gasteiger partial charge in [-0.2, -0.15) is 0 Å². The molecule has 3 N–H and O–H groups in total. The molecular formula is C17H33N3O2. The summed E-state index contributed by atoms with van der Waals surface area (Å²) >= 11 is 0. The van der Waals surface area contributed by atoms with Crippen LogP contribution in [0.25, 0.3) is 0 Å². The van der Waals surface area contributed by atoms with Crippen LogP contribution in [0.15, 0.2) is 0 Å². The molecule has 1 heterocycles. The van der Waals surface area contributed by atoms with Gasteiger partial charge in [-0.3, -0.25) is 9.69 Å². The monoisotopic (exact) mass is 311 g/mol. The highest BCUT2D eigenvalue weighted by Gasteiger charge is 2.35. The van der Waals surface area contributed by atoms with Crippen molar-refractivity contribution in [1.29, 1.82) is 0 Å². The topological polar surface area (TPSA) is 67.6 Å². The molecule has 1 saturated heterocycles. The predicted octanol–water partition coefficient (Wildman–Crippen LogP) is 1.37. The molecule has 5 nitrogen and oxygen atoms in total. The molecular weight excluding hydrogens is 278 g/mol. The van der Waals surface area contributed by atoms with Crippen molar-refractivity contribution in [2.24, 2.45) is 17.6 Å². The Morgan fingerprint density at radius 2 is 1.95 bits per heavy atom. The number of nitrogens with zero attached hydrogens (tertiary/aromatic N) is 1. The number of hydrogen-bond donors (Lipinski definition) is 2. The lowest BCUT2D eigenvalue weighted by molar-refractivity contribution is -0.131. The number of carbonyl (C=O) groups is 1. The lowest BCUT2D eigenvalue weighted by Crippen LogP contribution is -2.56. The zero-order valence-corrected chi connectivity index (χ0v) is 14.2. The smallest absolute Gasteiger partial charge is 0.237 e. The zero-order valence-electron chi connectivity index (χ0n) is 14.2. The van der Waals surface area contributed by atoms with E-state index < -0.39 is 0 Å². The molecule has 0 spiro atoms. The molecule has 2 fully saturated rings. The van der Waals surface area contributed by atoms with Crippen LogP contribution in [0.5, 0.6) is 0 Å². The SMILES string of the molecule is CCC(CC)C(C(=O)NC1CCCC1CN)N1CCOCC1. The van der Waals surface area contributed by atoms with Crippen LogP contribution >= 0.6 is 0 Å². The standard InChI is InChI=1S/C17H33N3O2/c1-3-13(4-2)16(20-8-10-22-11-9-20)17(21)19-15-7-5-6-14(15)12-18/h13-16H,3-12,18H2,1-2H3,(H,19,21). The second-order valence-electron chi connectivity index (χ2n) is 6.71. The van der Waals surface area contributed by atoms with E-state index in [-0.39, 0.29) is 18.0 Å². The molecule has 1 aliphatic heterocycles. The second kappa shape index (κ2) is 8.85. The zero-order chi connectivity index (χ0) is 15.9. The van der Waals surface area contributed by atoms with E-state index >= 15 is 0 Å². The predicted molar refractivity (Wildman–Crippen MR) is 88.6 cm³/mol. The maximum absolute atomic E-state index is 13.0. The number of rotatable bonds is 7. The second-order valence-corrected chi connectivity index (χ2v) is 6.71. The van der Waals surface area contributed by atoms with E-state index in [1.807, 2.05) is 0 Å². The number of carbonyl (C=O) groups excluding carboxylic acids is 1. The molecule has 0 aromatic heterocycles. The first-order valence-electron chi connectivity index (χ1n) is 9.03. The number of nitrogens with two attached hydrogens (primary N) is 1. The Morgan fingerprint density at radius 1 is 1.27 bits per heavy atom. The van der Waals surface area contributed by atoms with E-state index in [1.165, 1.54) is 6.42 Å². The van der Waals surface area contributed by atoms with Crippen LogP contribution in [0.1, 0.15) is 46.0 Å². The summed E-state index contributed by atoms with van der Waals surface area (Å²) in [7, 11) is 0. The third kappa shape index (κ3) is 4.21. The van der Waals surface area contributed by atoms with Crippen molar-refractivity contribution in [1.82, 2.24) is 10.2 Å². The maximum Gasteiger partial charge on any atom is 0.237 e. The van der Waals surface area contributed by atoms with Gasteiger partial charge in [0.05, 0.1) is 19.3 Å². The Bertz CT molecular complexity index is 341. The van der Waals surface area contributed by atoms with E-state index in [1.54, 1.807) is 0 Å². The van der Waals surface area contributed by atoms with Crippen LogP contribution < -0.4 is 11.1 Å². The van der Waals surface area contributed by atoms with Gasteiger partial charge in [0, 0.05) is 19.1 Å². The Hall–Kier alpha value is -0.650. The molecule has 5 heteroatoms. The molecule has 22 heavy (non-hydrogen) atoms. The van der Waals surface area contributed by atoms with E-state index in [0.717, 1.165) is 52.0 Å². The molecule has 1 amide bonds. The fourth-order valence-corrected chi connectivity index (χ4v) is 4.05. The molecule has 0 aromatic rings. The molecule has 0 bridgehead atoms. The van der Waals surface area contributed by atoms with Crippen LogP contribution in [0.4, 0.5) is 0 Å². The minimum Gasteiger partial charge on any atom is -0.379 e. The van der Waals surface area contributed by atoms with Crippen LogP contribution in [0.2, 0.25) is 0 Å². The molecule has 2 rings (SSSR count). The van der Waals surface area contributed by atoms with Crippen molar-refractivity contribution in [3.05, 3.63) is 0 Å². The average Bonchev–Trinajstić information content (AvgIpc) is 3.00. The van der Waals surface area contributed by atoms with Gasteiger partial charge in [0.1, 0.15) is 0 Å². The minimum absolute atomic E-state index is 0.0158. The number of amides is 1. The van der Waals surface area contributed by atoms with Gasteiger partial charge in [0.15, 0.2) is 0 Å². The molecule has 0 aromatic carbocycles. The van der Waals surface area contributed by atoms with Crippen molar-refractivity contribution in [2.75, 3.05) is 32.8 Å². The summed E-state index contributed by atoms with van der Waals surface area (Å²) in [5.74, 6) is 1.08. The Labute approximate surface area is 134 Å². The average molecular weight is 311 g/mol. The fraction of sp³-hybridized carbons (Fsp3) is 0.941. The Kier molecular flexibility index (Phi) is 7.12. The van der Waals surface area contributed by atoms with Gasteiger partial charge >= 0.3 is 0 Å². The van der Waals surface area contributed by atoms with Crippen LogP contribution in [0.3, 0.4) is 0 Å². The lowest BCUT2D eigenvalue weighted by Gasteiger charge is -2.38. The van der Waals surface area contributed by atoms with Crippen LogP contribution in [-0.2, 0) is 9.53 Å². The molecule has 3 atom stereocenters. The van der Waals surface area contributed by atoms with Gasteiger partial charge in [-0.05, 0) is 31.2 Å². The van der Waals surface area contributed by atoms with Crippen molar-refractivity contribution < 1.29 is 9.53 Å². The summed E-state index contributed by atoms with van der Waals surface area (Å²) in [5.41, 5.74) is 5.85. The summed E-state index contributed by atoms with van der Waals surface area (Å²) in [6.45, 7) is 8.25. The summed E-state index contributed by atoms with van der Waals surface area (Å²) in [6.07, 6.45) is 5.48. The highest BCUT2D eigenvalue weighted by molar-refractivity contribution is 5.82. The van der Waals surface area contributed by atoms with Gasteiger partial charge < -0.3 is 15.8 Å². The number of morpholine rings is 1. The lowest BCUT2D eigenvalue weighted by atomic mass is 9.91. The van der Waals surface area contributed by atoms with E-state index in [0.29, 0.717) is 18.4 Å². The molecule has 128 valence electrons. The summed E-state index contributed by atoms with van der Waals surface area (Å²) < 4.78 is 5.45. The van der Waals surface area contributed by atoms with E-state index in [2.05, 4.69) is 24.1 Å². The van der Waals surface area contributed by atoms with Crippen LogP contribution in [-0.4, -0.2) is 55.7 Å². The fourth-order valence-electron chi connectivity index (χ4n) is 4.05. The summed E-state index contributed by atoms with van der Waals surface area (Å²) in [4.78, 5) is 15.3. The highest BCUT2D eigenvalue weighted by Crippen LogP contribution is 2.26. The highest BCUT2D eigenvalue weighted by atomic mass is 16.5. The third-order valence-corrected chi connectivity index (χ3v) is 5.49. The molecule has 2 aliphatic rings. The van der Waals surface area contributed by atoms with Gasteiger partial charge in [-0.25, -0.2) is 0 Å². The Morgan fingerprint density at radius 3 is 2.55 bits per heavy atom. The molecule has 1 saturated carbocycles. The van der Waals surface area contributed by atoms with Crippen molar-refractivity contribution in [3.63, 3.8) is 0 Å². The number of ether oxygens (including phenoxy) is 1. The van der Waals surface area contributed by atoms with E-state index in [9.17, 15) is 4.79 Å². The molecule has 0 radical (unpaired) electrons. The summed E-state index contributed by atoms with van der Waals surface area (Å²) in [5, 5.41) is 3.32. The van der Waals surface area contributed by atoms with Gasteiger partial charge in [-0.1, -0.05) is 33.1 Å². The first kappa shape index (κ1) is 17.7. The first-order chi connectivity index (χ1) is 10.7. The quantitative estimate of drug-likeness (QED) is 0.745.